The second-order valence-electron chi connectivity index (χ2n) is 5.16. The molecular weight excluding hydrogens is 186 g/mol. The lowest BCUT2D eigenvalue weighted by molar-refractivity contribution is 0.0549. The van der Waals surface area contributed by atoms with E-state index in [1.165, 1.54) is 32.1 Å². The summed E-state index contributed by atoms with van der Waals surface area (Å²) >= 11 is 0. The maximum absolute atomic E-state index is 5.77. The van der Waals surface area contributed by atoms with Crippen LogP contribution in [0.25, 0.3) is 0 Å². The minimum Gasteiger partial charge on any atom is -0.378 e. The van der Waals surface area contributed by atoms with Crippen LogP contribution < -0.4 is 5.32 Å². The Hall–Kier alpha value is -0.0800. The van der Waals surface area contributed by atoms with Crippen molar-refractivity contribution in [3.8, 4) is 0 Å². The normalized spacial score (nSPS) is 18.4. The van der Waals surface area contributed by atoms with Gasteiger partial charge >= 0.3 is 0 Å². The summed E-state index contributed by atoms with van der Waals surface area (Å²) in [7, 11) is 0. The number of ether oxygens (including phenoxy) is 1. The molecule has 0 heterocycles. The fourth-order valence-electron chi connectivity index (χ4n) is 1.71. The minimum atomic E-state index is 0.442. The molecule has 0 bridgehead atoms. The van der Waals surface area contributed by atoms with E-state index in [0.717, 1.165) is 19.1 Å². The summed E-state index contributed by atoms with van der Waals surface area (Å²) in [6.45, 7) is 8.67. The van der Waals surface area contributed by atoms with Gasteiger partial charge in [0.1, 0.15) is 0 Å². The molecule has 1 aliphatic rings. The van der Waals surface area contributed by atoms with Gasteiger partial charge in [-0.25, -0.2) is 0 Å². The van der Waals surface area contributed by atoms with Crippen LogP contribution in [-0.2, 0) is 4.74 Å². The zero-order chi connectivity index (χ0) is 11.1. The molecule has 1 unspecified atom stereocenters. The van der Waals surface area contributed by atoms with Crippen LogP contribution >= 0.6 is 0 Å². The Bertz CT molecular complexity index is 155. The van der Waals surface area contributed by atoms with E-state index in [2.05, 4.69) is 26.1 Å². The highest BCUT2D eigenvalue weighted by atomic mass is 16.5. The first-order chi connectivity index (χ1) is 7.18. The Balaban J connectivity index is 1.81. The summed E-state index contributed by atoms with van der Waals surface area (Å²) in [6.07, 6.45) is 7.02. The topological polar surface area (TPSA) is 21.3 Å². The fourth-order valence-corrected chi connectivity index (χ4v) is 1.71. The average Bonchev–Trinajstić information content (AvgIpc) is 2.96. The summed E-state index contributed by atoms with van der Waals surface area (Å²) in [5.41, 5.74) is 0. The predicted molar refractivity (Wildman–Crippen MR) is 65.1 cm³/mol. The van der Waals surface area contributed by atoms with E-state index in [0.29, 0.717) is 12.1 Å². The molecule has 0 amide bonds. The SMILES string of the molecule is CC(C)NCCCC(C)OCCC1CC1. The van der Waals surface area contributed by atoms with Gasteiger partial charge in [0.15, 0.2) is 0 Å². The average molecular weight is 213 g/mol. The summed E-state index contributed by atoms with van der Waals surface area (Å²) in [5.74, 6) is 1.000. The van der Waals surface area contributed by atoms with Gasteiger partial charge in [-0.3, -0.25) is 0 Å². The molecule has 2 nitrogen and oxygen atoms in total. The number of rotatable bonds is 9. The first-order valence-corrected chi connectivity index (χ1v) is 6.53. The van der Waals surface area contributed by atoms with Crippen molar-refractivity contribution in [1.82, 2.24) is 5.32 Å². The second kappa shape index (κ2) is 7.24. The Kier molecular flexibility index (Phi) is 6.26. The molecule has 90 valence electrons. The van der Waals surface area contributed by atoms with Crippen LogP contribution in [0.4, 0.5) is 0 Å². The molecule has 0 aromatic heterocycles. The number of nitrogens with one attached hydrogen (secondary N) is 1. The Morgan fingerprint density at radius 1 is 1.27 bits per heavy atom. The van der Waals surface area contributed by atoms with E-state index in [-0.39, 0.29) is 0 Å². The first-order valence-electron chi connectivity index (χ1n) is 6.53. The van der Waals surface area contributed by atoms with E-state index < -0.39 is 0 Å². The van der Waals surface area contributed by atoms with Crippen molar-refractivity contribution in [3.05, 3.63) is 0 Å². The van der Waals surface area contributed by atoms with E-state index >= 15 is 0 Å². The van der Waals surface area contributed by atoms with Crippen LogP contribution in [0.3, 0.4) is 0 Å². The minimum absolute atomic E-state index is 0.442. The molecule has 0 aromatic carbocycles. The first kappa shape index (κ1) is 13.0. The zero-order valence-corrected chi connectivity index (χ0v) is 10.6. The third-order valence-corrected chi connectivity index (χ3v) is 2.97. The molecule has 0 aromatic rings. The molecule has 1 N–H and O–H groups in total. The van der Waals surface area contributed by atoms with Gasteiger partial charge in [0, 0.05) is 12.6 Å². The smallest absolute Gasteiger partial charge is 0.0547 e. The molecular formula is C13H27NO. The standard InChI is InChI=1S/C13H27NO/c1-11(2)14-9-4-5-12(3)15-10-8-13-6-7-13/h11-14H,4-10H2,1-3H3. The number of hydrogen-bond acceptors (Lipinski definition) is 2. The van der Waals surface area contributed by atoms with Crippen molar-refractivity contribution in [1.29, 1.82) is 0 Å². The fraction of sp³-hybridized carbons (Fsp3) is 1.00. The molecule has 0 radical (unpaired) electrons. The van der Waals surface area contributed by atoms with Gasteiger partial charge in [0.05, 0.1) is 6.10 Å². The van der Waals surface area contributed by atoms with Crippen molar-refractivity contribution in [2.75, 3.05) is 13.2 Å². The molecule has 1 aliphatic carbocycles. The van der Waals surface area contributed by atoms with Crippen LogP contribution in [0.15, 0.2) is 0 Å². The molecule has 0 saturated heterocycles. The second-order valence-corrected chi connectivity index (χ2v) is 5.16. The van der Waals surface area contributed by atoms with E-state index in [1.54, 1.807) is 0 Å². The Morgan fingerprint density at radius 2 is 2.00 bits per heavy atom. The maximum Gasteiger partial charge on any atom is 0.0547 e. The van der Waals surface area contributed by atoms with Gasteiger partial charge in [-0.15, -0.1) is 0 Å². The van der Waals surface area contributed by atoms with Gasteiger partial charge in [-0.1, -0.05) is 26.7 Å². The Morgan fingerprint density at radius 3 is 2.60 bits per heavy atom. The summed E-state index contributed by atoms with van der Waals surface area (Å²) in [6, 6.07) is 0.607. The van der Waals surface area contributed by atoms with Gasteiger partial charge in [-0.05, 0) is 38.6 Å². The third-order valence-electron chi connectivity index (χ3n) is 2.97. The molecule has 2 heteroatoms. The summed E-state index contributed by atoms with van der Waals surface area (Å²) in [4.78, 5) is 0. The summed E-state index contributed by atoms with van der Waals surface area (Å²) in [5, 5.41) is 3.43. The quantitative estimate of drug-likeness (QED) is 0.595. The molecule has 1 atom stereocenters. The zero-order valence-electron chi connectivity index (χ0n) is 10.6. The van der Waals surface area contributed by atoms with E-state index in [1.807, 2.05) is 0 Å². The molecule has 1 fully saturated rings. The lowest BCUT2D eigenvalue weighted by atomic mass is 10.2. The van der Waals surface area contributed by atoms with Crippen LogP contribution in [-0.4, -0.2) is 25.3 Å². The lowest BCUT2D eigenvalue weighted by Crippen LogP contribution is -2.24. The Labute approximate surface area is 94.8 Å². The van der Waals surface area contributed by atoms with Crippen molar-refractivity contribution in [3.63, 3.8) is 0 Å². The highest BCUT2D eigenvalue weighted by Gasteiger charge is 2.20. The molecule has 1 rings (SSSR count). The third kappa shape index (κ3) is 7.80. The molecule has 1 saturated carbocycles. The highest BCUT2D eigenvalue weighted by molar-refractivity contribution is 4.72. The van der Waals surface area contributed by atoms with Crippen molar-refractivity contribution < 1.29 is 4.74 Å². The highest BCUT2D eigenvalue weighted by Crippen LogP contribution is 2.32. The van der Waals surface area contributed by atoms with Crippen LogP contribution in [0.1, 0.15) is 52.9 Å². The summed E-state index contributed by atoms with van der Waals surface area (Å²) < 4.78 is 5.77. The maximum atomic E-state index is 5.77. The van der Waals surface area contributed by atoms with Gasteiger partial charge in [-0.2, -0.15) is 0 Å². The number of hydrogen-bond donors (Lipinski definition) is 1. The molecule has 0 aliphatic heterocycles. The monoisotopic (exact) mass is 213 g/mol. The van der Waals surface area contributed by atoms with Crippen LogP contribution in [0.2, 0.25) is 0 Å². The van der Waals surface area contributed by atoms with E-state index in [4.69, 9.17) is 4.74 Å². The molecule has 15 heavy (non-hydrogen) atoms. The van der Waals surface area contributed by atoms with Crippen molar-refractivity contribution in [2.45, 2.75) is 65.0 Å². The van der Waals surface area contributed by atoms with Crippen molar-refractivity contribution >= 4 is 0 Å². The van der Waals surface area contributed by atoms with E-state index in [9.17, 15) is 0 Å². The van der Waals surface area contributed by atoms with Gasteiger partial charge in [0.2, 0.25) is 0 Å². The lowest BCUT2D eigenvalue weighted by Gasteiger charge is -2.13. The molecule has 0 spiro atoms. The van der Waals surface area contributed by atoms with Crippen LogP contribution in [0, 0.1) is 5.92 Å². The largest absolute Gasteiger partial charge is 0.378 e. The van der Waals surface area contributed by atoms with Crippen molar-refractivity contribution in [2.24, 2.45) is 5.92 Å². The predicted octanol–water partition coefficient (Wildman–Crippen LogP) is 2.97. The van der Waals surface area contributed by atoms with Gasteiger partial charge < -0.3 is 10.1 Å². The van der Waals surface area contributed by atoms with Crippen LogP contribution in [0.5, 0.6) is 0 Å². The van der Waals surface area contributed by atoms with Gasteiger partial charge in [0.25, 0.3) is 0 Å².